The first-order valence-corrected chi connectivity index (χ1v) is 14.0. The number of furan rings is 1. The minimum absolute atomic E-state index is 0.178. The number of nitrogens with one attached hydrogen (secondary N) is 1. The fraction of sp³-hybridized carbons (Fsp3) is 0.0645. The fourth-order valence-corrected chi connectivity index (χ4v) is 5.46. The zero-order valence-corrected chi connectivity index (χ0v) is 23.5. The first kappa shape index (κ1) is 27.1. The number of carbonyl (C=O) groups excluding carboxylic acids is 2. The molecule has 208 valence electrons. The molecule has 0 aliphatic heterocycles. The van der Waals surface area contributed by atoms with Crippen molar-refractivity contribution in [2.45, 2.75) is 13.1 Å². The smallest absolute Gasteiger partial charge is 0.283 e. The third-order valence-corrected chi connectivity index (χ3v) is 7.74. The van der Waals surface area contributed by atoms with Crippen molar-refractivity contribution in [1.29, 1.82) is 0 Å². The standard InChI is InChI=1S/C31H22ClN5O4S/c32-28-9-8-24(42-28)16-34-29-14-26(35-37(29)30(39)22-10-12-41-19-22)23-13-25(21-7-4-11-33-15-21)31(40)36(17-23)18-27(38)20-5-2-1-3-6-20/h1-15,17,19,34H,16,18H2. The molecule has 0 atom stereocenters. The molecule has 0 spiro atoms. The first-order chi connectivity index (χ1) is 20.5. The maximum absolute atomic E-state index is 13.6. The van der Waals surface area contributed by atoms with E-state index in [1.54, 1.807) is 73.2 Å². The Morgan fingerprint density at radius 3 is 2.55 bits per heavy atom. The van der Waals surface area contributed by atoms with Crippen LogP contribution in [0.25, 0.3) is 22.4 Å². The lowest BCUT2D eigenvalue weighted by Gasteiger charge is -2.11. The minimum Gasteiger partial charge on any atom is -0.472 e. The lowest BCUT2D eigenvalue weighted by atomic mass is 10.1. The maximum atomic E-state index is 13.6. The highest BCUT2D eigenvalue weighted by atomic mass is 35.5. The molecule has 1 N–H and O–H groups in total. The van der Waals surface area contributed by atoms with E-state index in [2.05, 4.69) is 15.4 Å². The van der Waals surface area contributed by atoms with Crippen LogP contribution in [0.2, 0.25) is 4.34 Å². The van der Waals surface area contributed by atoms with E-state index >= 15 is 0 Å². The zero-order valence-electron chi connectivity index (χ0n) is 21.9. The van der Waals surface area contributed by atoms with E-state index in [0.29, 0.717) is 50.2 Å². The molecule has 5 heterocycles. The Kier molecular flexibility index (Phi) is 7.63. The fourth-order valence-electron chi connectivity index (χ4n) is 4.43. The molecule has 0 aliphatic carbocycles. The summed E-state index contributed by atoms with van der Waals surface area (Å²) in [7, 11) is 0. The van der Waals surface area contributed by atoms with Crippen molar-refractivity contribution in [3.63, 3.8) is 0 Å². The summed E-state index contributed by atoms with van der Waals surface area (Å²) < 4.78 is 8.39. The van der Waals surface area contributed by atoms with Crippen LogP contribution in [0.1, 0.15) is 25.6 Å². The van der Waals surface area contributed by atoms with E-state index in [4.69, 9.17) is 16.0 Å². The minimum atomic E-state index is -0.401. The van der Waals surface area contributed by atoms with Gasteiger partial charge < -0.3 is 14.3 Å². The number of carbonyl (C=O) groups is 2. The number of aromatic nitrogens is 4. The number of halogens is 1. The van der Waals surface area contributed by atoms with Crippen LogP contribution in [0, 0.1) is 0 Å². The summed E-state index contributed by atoms with van der Waals surface area (Å²) in [6.07, 6.45) is 7.55. The average molecular weight is 596 g/mol. The molecule has 0 fully saturated rings. The molecule has 9 nitrogen and oxygen atoms in total. The molecule has 5 aromatic heterocycles. The highest BCUT2D eigenvalue weighted by Gasteiger charge is 2.21. The van der Waals surface area contributed by atoms with E-state index in [1.165, 1.54) is 33.1 Å². The van der Waals surface area contributed by atoms with Gasteiger partial charge >= 0.3 is 0 Å². The highest BCUT2D eigenvalue weighted by Crippen LogP contribution is 2.28. The summed E-state index contributed by atoms with van der Waals surface area (Å²) in [4.78, 5) is 45.2. The summed E-state index contributed by atoms with van der Waals surface area (Å²) in [6, 6.07) is 21.0. The quantitative estimate of drug-likeness (QED) is 0.196. The predicted octanol–water partition coefficient (Wildman–Crippen LogP) is 6.27. The SMILES string of the molecule is O=C(Cn1cc(-c2cc(NCc3ccc(Cl)s3)n(C(=O)c3ccoc3)n2)cc(-c2cccnc2)c1=O)c1ccccc1. The van der Waals surface area contributed by atoms with Gasteiger partial charge in [-0.3, -0.25) is 19.4 Å². The molecule has 0 aliphatic rings. The Morgan fingerprint density at radius 1 is 0.976 bits per heavy atom. The van der Waals surface area contributed by atoms with Crippen molar-refractivity contribution >= 4 is 40.4 Å². The topological polar surface area (TPSA) is 112 Å². The molecule has 6 aromatic rings. The third kappa shape index (κ3) is 5.71. The number of Topliss-reactive ketones (excluding diaryl/α,β-unsaturated/α-hetero) is 1. The number of nitrogens with zero attached hydrogens (tertiary/aromatic N) is 4. The van der Waals surface area contributed by atoms with Gasteiger partial charge in [0, 0.05) is 51.8 Å². The molecule has 0 bridgehead atoms. The van der Waals surface area contributed by atoms with Gasteiger partial charge in [0.15, 0.2) is 5.78 Å². The van der Waals surface area contributed by atoms with Crippen molar-refractivity contribution in [3.8, 4) is 22.4 Å². The van der Waals surface area contributed by atoms with Gasteiger partial charge in [-0.05, 0) is 30.3 Å². The number of rotatable bonds is 9. The van der Waals surface area contributed by atoms with Crippen LogP contribution in [0.4, 0.5) is 5.82 Å². The van der Waals surface area contributed by atoms with E-state index in [0.717, 1.165) is 4.88 Å². The number of thiophene rings is 1. The molecule has 6 rings (SSSR count). The van der Waals surface area contributed by atoms with Gasteiger partial charge in [0.05, 0.1) is 34.9 Å². The van der Waals surface area contributed by atoms with E-state index in [1.807, 2.05) is 18.2 Å². The summed E-state index contributed by atoms with van der Waals surface area (Å²) >= 11 is 7.52. The first-order valence-electron chi connectivity index (χ1n) is 12.8. The van der Waals surface area contributed by atoms with Crippen LogP contribution in [-0.4, -0.2) is 31.0 Å². The Hall–Kier alpha value is -5.06. The third-order valence-electron chi connectivity index (χ3n) is 6.51. The van der Waals surface area contributed by atoms with Crippen LogP contribution in [-0.2, 0) is 13.1 Å². The van der Waals surface area contributed by atoms with Gasteiger partial charge in [0.25, 0.3) is 11.5 Å². The van der Waals surface area contributed by atoms with Gasteiger partial charge in [0.1, 0.15) is 12.1 Å². The maximum Gasteiger partial charge on any atom is 0.283 e. The Labute approximate surface area is 248 Å². The Bertz CT molecular complexity index is 1930. The van der Waals surface area contributed by atoms with Crippen LogP contribution in [0.3, 0.4) is 0 Å². The van der Waals surface area contributed by atoms with Crippen LogP contribution in [0.5, 0.6) is 0 Å². The number of hydrogen-bond acceptors (Lipinski definition) is 8. The number of ketones is 1. The summed E-state index contributed by atoms with van der Waals surface area (Å²) in [5, 5.41) is 7.89. The monoisotopic (exact) mass is 595 g/mol. The number of benzene rings is 1. The normalized spacial score (nSPS) is 11.0. The van der Waals surface area contributed by atoms with E-state index < -0.39 is 5.91 Å². The van der Waals surface area contributed by atoms with Gasteiger partial charge in [-0.1, -0.05) is 48.0 Å². The van der Waals surface area contributed by atoms with E-state index in [9.17, 15) is 14.4 Å². The second-order valence-corrected chi connectivity index (χ2v) is 11.1. The lowest BCUT2D eigenvalue weighted by Crippen LogP contribution is -2.25. The summed E-state index contributed by atoms with van der Waals surface area (Å²) in [5.74, 6) is -0.187. The number of hydrogen-bond donors (Lipinski definition) is 1. The van der Waals surface area contributed by atoms with Gasteiger partial charge in [0.2, 0.25) is 0 Å². The molecule has 42 heavy (non-hydrogen) atoms. The molecular weight excluding hydrogens is 574 g/mol. The van der Waals surface area contributed by atoms with E-state index in [-0.39, 0.29) is 17.9 Å². The molecular formula is C31H22ClN5O4S. The molecule has 0 saturated heterocycles. The molecule has 11 heteroatoms. The van der Waals surface area contributed by atoms with Crippen molar-refractivity contribution < 1.29 is 14.0 Å². The largest absolute Gasteiger partial charge is 0.472 e. The van der Waals surface area contributed by atoms with Crippen LogP contribution >= 0.6 is 22.9 Å². The zero-order chi connectivity index (χ0) is 29.1. The predicted molar refractivity (Wildman–Crippen MR) is 161 cm³/mol. The summed E-state index contributed by atoms with van der Waals surface area (Å²) in [5.41, 5.74) is 2.36. The van der Waals surface area contributed by atoms with Gasteiger partial charge in [-0.2, -0.15) is 9.78 Å². The van der Waals surface area contributed by atoms with Crippen molar-refractivity contribution in [2.75, 3.05) is 5.32 Å². The number of pyridine rings is 2. The van der Waals surface area contributed by atoms with Crippen molar-refractivity contribution in [2.24, 2.45) is 0 Å². The van der Waals surface area contributed by atoms with Crippen LogP contribution in [0.15, 0.2) is 113 Å². The highest BCUT2D eigenvalue weighted by molar-refractivity contribution is 7.16. The second-order valence-electron chi connectivity index (χ2n) is 9.31. The Morgan fingerprint density at radius 2 is 1.83 bits per heavy atom. The van der Waals surface area contributed by atoms with Gasteiger partial charge in [-0.25, -0.2) is 0 Å². The van der Waals surface area contributed by atoms with Crippen molar-refractivity contribution in [3.05, 3.63) is 135 Å². The number of anilines is 1. The molecule has 0 amide bonds. The lowest BCUT2D eigenvalue weighted by molar-refractivity contribution is 0.0945. The molecule has 0 radical (unpaired) electrons. The molecule has 1 aromatic carbocycles. The Balaban J connectivity index is 1.44. The average Bonchev–Trinajstić information content (AvgIpc) is 3.79. The second kappa shape index (κ2) is 11.8. The van der Waals surface area contributed by atoms with Crippen LogP contribution < -0.4 is 10.9 Å². The molecule has 0 unspecified atom stereocenters. The van der Waals surface area contributed by atoms with Gasteiger partial charge in [-0.15, -0.1) is 11.3 Å². The summed E-state index contributed by atoms with van der Waals surface area (Å²) in [6.45, 7) is 0.232. The van der Waals surface area contributed by atoms with Crippen molar-refractivity contribution in [1.82, 2.24) is 19.3 Å². The molecule has 0 saturated carbocycles.